The molecule has 0 spiro atoms. The van der Waals surface area contributed by atoms with E-state index in [1.54, 1.807) is 30.3 Å². The van der Waals surface area contributed by atoms with Crippen LogP contribution in [0.5, 0.6) is 17.2 Å². The second-order valence-corrected chi connectivity index (χ2v) is 12.4. The van der Waals surface area contributed by atoms with Gasteiger partial charge in [-0.3, -0.25) is 13.9 Å². The largest absolute Gasteiger partial charge is 0.508 e. The van der Waals surface area contributed by atoms with Crippen molar-refractivity contribution in [3.05, 3.63) is 52.7 Å². The van der Waals surface area contributed by atoms with Crippen molar-refractivity contribution >= 4 is 26.2 Å². The van der Waals surface area contributed by atoms with Gasteiger partial charge in [0.25, 0.3) is 0 Å². The highest BCUT2D eigenvalue weighted by atomic mass is 31.2. The Kier molecular flexibility index (Phi) is 11.3. The van der Waals surface area contributed by atoms with E-state index in [-0.39, 0.29) is 74.5 Å². The molecule has 0 fully saturated rings. The molecule has 6 N–H and O–H groups in total. The fourth-order valence-corrected chi connectivity index (χ4v) is 6.10. The number of phenols is 2. The van der Waals surface area contributed by atoms with E-state index in [0.717, 1.165) is 6.07 Å². The summed E-state index contributed by atoms with van der Waals surface area (Å²) in [6, 6.07) is 11.0. The maximum Gasteiger partial charge on any atom is 0.340 e. The van der Waals surface area contributed by atoms with Crippen molar-refractivity contribution in [3.63, 3.8) is 0 Å². The van der Waals surface area contributed by atoms with Gasteiger partial charge in [0.05, 0.1) is 33.0 Å². The SMILES string of the molecule is O=c1c(OCCOCCOCCOCCC(P(=O)(O)O)P(=O)(O)O)c(-c2ccccc2)oc2cc(O)cc(O)c12. The van der Waals surface area contributed by atoms with E-state index >= 15 is 0 Å². The Morgan fingerprint density at radius 1 is 0.775 bits per heavy atom. The summed E-state index contributed by atoms with van der Waals surface area (Å²) in [5, 5.41) is 17.7. The number of hydrogen-bond donors (Lipinski definition) is 6. The van der Waals surface area contributed by atoms with Crippen molar-refractivity contribution in [2.45, 2.75) is 11.8 Å². The maximum atomic E-state index is 13.1. The van der Waals surface area contributed by atoms with E-state index in [4.69, 9.17) is 42.9 Å². The Morgan fingerprint density at radius 3 is 1.90 bits per heavy atom. The number of ether oxygens (including phenoxy) is 4. The normalized spacial score (nSPS) is 12.3. The van der Waals surface area contributed by atoms with Gasteiger partial charge in [-0.1, -0.05) is 30.3 Å². The Labute approximate surface area is 228 Å². The lowest BCUT2D eigenvalue weighted by molar-refractivity contribution is 0.00900. The van der Waals surface area contributed by atoms with Gasteiger partial charge in [-0.2, -0.15) is 0 Å². The first-order valence-electron chi connectivity index (χ1n) is 11.9. The molecule has 0 bridgehead atoms. The molecule has 0 unspecified atom stereocenters. The van der Waals surface area contributed by atoms with Gasteiger partial charge in [0.2, 0.25) is 11.2 Å². The molecule has 0 saturated heterocycles. The number of phenolic OH excluding ortho intramolecular Hbond substituents is 2. The van der Waals surface area contributed by atoms with Crippen LogP contribution in [-0.4, -0.2) is 81.4 Å². The molecule has 3 aromatic rings. The lowest BCUT2D eigenvalue weighted by atomic mass is 10.1. The van der Waals surface area contributed by atoms with Gasteiger partial charge in [0, 0.05) is 24.3 Å². The van der Waals surface area contributed by atoms with E-state index in [1.165, 1.54) is 6.07 Å². The molecule has 0 saturated carbocycles. The molecule has 1 heterocycles. The Hall–Kier alpha value is -2.77. The topological polar surface area (TPSA) is 223 Å². The highest BCUT2D eigenvalue weighted by molar-refractivity contribution is 7.70. The fraction of sp³-hybridized carbons (Fsp3) is 0.375. The van der Waals surface area contributed by atoms with E-state index in [1.807, 2.05) is 0 Å². The molecule has 0 atom stereocenters. The lowest BCUT2D eigenvalue weighted by Crippen LogP contribution is -2.16. The molecule has 0 radical (unpaired) electrons. The molecule has 14 nitrogen and oxygen atoms in total. The number of hydrogen-bond acceptors (Lipinski definition) is 10. The van der Waals surface area contributed by atoms with Crippen LogP contribution in [0.3, 0.4) is 0 Å². The van der Waals surface area contributed by atoms with E-state index in [2.05, 4.69) is 0 Å². The Bertz CT molecular complexity index is 1390. The molecule has 0 amide bonds. The van der Waals surface area contributed by atoms with Crippen LogP contribution >= 0.6 is 15.2 Å². The average Bonchev–Trinajstić information content (AvgIpc) is 2.86. The van der Waals surface area contributed by atoms with Gasteiger partial charge >= 0.3 is 15.2 Å². The number of aromatic hydroxyl groups is 2. The van der Waals surface area contributed by atoms with Crippen molar-refractivity contribution in [1.82, 2.24) is 0 Å². The van der Waals surface area contributed by atoms with Crippen LogP contribution in [-0.2, 0) is 23.3 Å². The summed E-state index contributed by atoms with van der Waals surface area (Å²) < 4.78 is 49.7. The molecule has 0 aliphatic rings. The first kappa shape index (κ1) is 31.8. The molecule has 0 aliphatic heterocycles. The Balaban J connectivity index is 1.43. The minimum Gasteiger partial charge on any atom is -0.508 e. The van der Waals surface area contributed by atoms with Crippen LogP contribution in [0, 0.1) is 0 Å². The zero-order chi connectivity index (χ0) is 29.3. The van der Waals surface area contributed by atoms with Crippen molar-refractivity contribution < 1.29 is 62.3 Å². The molecule has 0 aliphatic carbocycles. The maximum absolute atomic E-state index is 13.1. The quantitative estimate of drug-likeness (QED) is 0.102. The number of fused-ring (bicyclic) bond motifs is 1. The van der Waals surface area contributed by atoms with Gasteiger partial charge in [-0.15, -0.1) is 0 Å². The Morgan fingerprint density at radius 2 is 1.32 bits per heavy atom. The van der Waals surface area contributed by atoms with Crippen LogP contribution in [0.2, 0.25) is 0 Å². The number of rotatable bonds is 16. The molecule has 220 valence electrons. The van der Waals surface area contributed by atoms with Crippen molar-refractivity contribution in [1.29, 1.82) is 0 Å². The monoisotopic (exact) mass is 604 g/mol. The summed E-state index contributed by atoms with van der Waals surface area (Å²) in [6.07, 6.45) is -0.513. The third-order valence-corrected chi connectivity index (χ3v) is 9.34. The summed E-state index contributed by atoms with van der Waals surface area (Å²) >= 11 is 0. The van der Waals surface area contributed by atoms with Gasteiger partial charge in [-0.05, 0) is 6.42 Å². The third kappa shape index (κ3) is 8.87. The summed E-state index contributed by atoms with van der Waals surface area (Å²) in [5.74, 6) is -0.721. The standard InChI is InChI=1S/C24H30O14P2/c25-17-14-18(26)21-19(15-17)38-23(16-4-2-1-3-5-16)24(22(21)27)37-13-12-36-11-10-35-9-8-34-7-6-20(39(28,29)30)40(31,32)33/h1-5,14-15,20,25-26H,6-13H2,(H2,28,29,30)(H2,31,32,33). The summed E-state index contributed by atoms with van der Waals surface area (Å²) in [4.78, 5) is 49.4. The van der Waals surface area contributed by atoms with E-state index < -0.39 is 38.2 Å². The predicted molar refractivity (Wildman–Crippen MR) is 142 cm³/mol. The minimum absolute atomic E-state index is 0.00511. The molecule has 1 aromatic heterocycles. The van der Waals surface area contributed by atoms with Crippen LogP contribution in [0.15, 0.2) is 51.7 Å². The van der Waals surface area contributed by atoms with Crippen LogP contribution in [0.25, 0.3) is 22.3 Å². The van der Waals surface area contributed by atoms with Crippen LogP contribution in [0.1, 0.15) is 6.42 Å². The summed E-state index contributed by atoms with van der Waals surface area (Å²) in [7, 11) is -9.96. The van der Waals surface area contributed by atoms with E-state index in [0.29, 0.717) is 5.56 Å². The second kappa shape index (κ2) is 14.2. The highest BCUT2D eigenvalue weighted by Gasteiger charge is 2.42. The molecule has 3 rings (SSSR count). The zero-order valence-electron chi connectivity index (χ0n) is 21.1. The van der Waals surface area contributed by atoms with Gasteiger partial charge in [0.1, 0.15) is 29.1 Å². The van der Waals surface area contributed by atoms with Gasteiger partial charge in [-0.25, -0.2) is 0 Å². The highest BCUT2D eigenvalue weighted by Crippen LogP contribution is 2.61. The summed E-state index contributed by atoms with van der Waals surface area (Å²) in [5.41, 5.74) is -0.0711. The first-order chi connectivity index (χ1) is 18.9. The zero-order valence-corrected chi connectivity index (χ0v) is 22.9. The lowest BCUT2D eigenvalue weighted by Gasteiger charge is -2.19. The molecular weight excluding hydrogens is 574 g/mol. The molecule has 16 heteroatoms. The molecule has 40 heavy (non-hydrogen) atoms. The predicted octanol–water partition coefficient (Wildman–Crippen LogP) is 2.37. The van der Waals surface area contributed by atoms with Crippen LogP contribution in [0.4, 0.5) is 0 Å². The van der Waals surface area contributed by atoms with Crippen molar-refractivity contribution in [2.75, 3.05) is 46.2 Å². The molecular formula is C24H30O14P2. The van der Waals surface area contributed by atoms with Crippen LogP contribution < -0.4 is 10.2 Å². The van der Waals surface area contributed by atoms with Crippen molar-refractivity contribution in [2.24, 2.45) is 0 Å². The molecule has 2 aromatic carbocycles. The minimum atomic E-state index is -4.98. The number of benzene rings is 2. The second-order valence-electron chi connectivity index (χ2n) is 8.43. The first-order valence-corrected chi connectivity index (χ1v) is 15.3. The van der Waals surface area contributed by atoms with Gasteiger partial charge in [0.15, 0.2) is 11.2 Å². The van der Waals surface area contributed by atoms with Crippen molar-refractivity contribution in [3.8, 4) is 28.6 Å². The average molecular weight is 604 g/mol. The van der Waals surface area contributed by atoms with E-state index in [9.17, 15) is 24.1 Å². The smallest absolute Gasteiger partial charge is 0.340 e. The third-order valence-electron chi connectivity index (χ3n) is 5.47. The summed E-state index contributed by atoms with van der Waals surface area (Å²) in [6.45, 7) is 0.251. The fourth-order valence-electron chi connectivity index (χ4n) is 3.64. The van der Waals surface area contributed by atoms with Gasteiger partial charge < -0.3 is 53.2 Å².